The highest BCUT2D eigenvalue weighted by Gasteiger charge is 2.19. The van der Waals surface area contributed by atoms with E-state index in [1.165, 1.54) is 7.11 Å². The number of carbonyl (C=O) groups is 1. The Balaban J connectivity index is 2.87. The maximum Gasteiger partial charge on any atom is 0.150 e. The van der Waals surface area contributed by atoms with Gasteiger partial charge in [-0.05, 0) is 5.56 Å². The van der Waals surface area contributed by atoms with E-state index in [1.54, 1.807) is 24.3 Å². The van der Waals surface area contributed by atoms with E-state index >= 15 is 0 Å². The maximum absolute atomic E-state index is 12.5. The molecule has 1 aromatic rings. The van der Waals surface area contributed by atoms with Crippen molar-refractivity contribution in [1.29, 1.82) is 0 Å². The number of hydrogen-bond acceptors (Lipinski definition) is 4. The third-order valence-corrected chi connectivity index (χ3v) is 2.28. The van der Waals surface area contributed by atoms with E-state index in [4.69, 9.17) is 10.6 Å². The van der Waals surface area contributed by atoms with E-state index in [1.807, 2.05) is 0 Å². The number of carbonyl (C=O) groups excluding carboxylic acids is 1. The van der Waals surface area contributed by atoms with Crippen molar-refractivity contribution in [1.82, 2.24) is 5.48 Å². The summed E-state index contributed by atoms with van der Waals surface area (Å²) in [5, 5.41) is 0. The summed E-state index contributed by atoms with van der Waals surface area (Å²) < 4.78 is 12.5. The number of halogens is 1. The van der Waals surface area contributed by atoms with Crippen LogP contribution in [-0.4, -0.2) is 26.1 Å². The van der Waals surface area contributed by atoms with Gasteiger partial charge in [0.25, 0.3) is 0 Å². The first-order valence-corrected chi connectivity index (χ1v) is 4.88. The van der Waals surface area contributed by atoms with Crippen LogP contribution in [0, 0.1) is 0 Å². The predicted octanol–water partition coefficient (Wildman–Crippen LogP) is 0.988. The first kappa shape index (κ1) is 12.8. The molecule has 0 bridgehead atoms. The zero-order valence-electron chi connectivity index (χ0n) is 9.02. The van der Waals surface area contributed by atoms with Crippen molar-refractivity contribution in [2.75, 3.05) is 13.8 Å². The minimum atomic E-state index is -0.693. The molecular weight excluding hydrogens is 211 g/mol. The molecule has 0 aliphatic carbocycles. The van der Waals surface area contributed by atoms with Crippen LogP contribution < -0.4 is 11.2 Å². The van der Waals surface area contributed by atoms with Crippen LogP contribution in [0.3, 0.4) is 0 Å². The SMILES string of the molecule is CONC(c1ccc(C=O)cc1)C(N)CF. The molecule has 0 aliphatic rings. The first-order chi connectivity index (χ1) is 7.72. The molecule has 88 valence electrons. The smallest absolute Gasteiger partial charge is 0.150 e. The van der Waals surface area contributed by atoms with Crippen LogP contribution in [0.4, 0.5) is 4.39 Å². The van der Waals surface area contributed by atoms with E-state index in [2.05, 4.69) is 5.48 Å². The van der Waals surface area contributed by atoms with Crippen LogP contribution in [0.5, 0.6) is 0 Å². The van der Waals surface area contributed by atoms with Gasteiger partial charge in [-0.25, -0.2) is 4.39 Å². The summed E-state index contributed by atoms with van der Waals surface area (Å²) in [4.78, 5) is 15.3. The maximum atomic E-state index is 12.5. The molecule has 4 nitrogen and oxygen atoms in total. The Morgan fingerprint density at radius 1 is 1.50 bits per heavy atom. The van der Waals surface area contributed by atoms with Gasteiger partial charge < -0.3 is 10.6 Å². The molecule has 0 aliphatic heterocycles. The monoisotopic (exact) mass is 226 g/mol. The van der Waals surface area contributed by atoms with Crippen molar-refractivity contribution < 1.29 is 14.0 Å². The average Bonchev–Trinajstić information content (AvgIpc) is 2.35. The fourth-order valence-corrected chi connectivity index (χ4v) is 1.40. The van der Waals surface area contributed by atoms with Crippen molar-refractivity contribution in [2.24, 2.45) is 5.73 Å². The minimum Gasteiger partial charge on any atom is -0.324 e. The molecule has 0 saturated carbocycles. The molecule has 2 atom stereocenters. The third-order valence-electron chi connectivity index (χ3n) is 2.28. The lowest BCUT2D eigenvalue weighted by molar-refractivity contribution is 0.0492. The molecule has 0 saturated heterocycles. The van der Waals surface area contributed by atoms with Gasteiger partial charge in [-0.2, -0.15) is 5.48 Å². The fraction of sp³-hybridized carbons (Fsp3) is 0.364. The molecular formula is C11H15FN2O2. The van der Waals surface area contributed by atoms with Gasteiger partial charge >= 0.3 is 0 Å². The van der Waals surface area contributed by atoms with Crippen LogP contribution >= 0.6 is 0 Å². The Labute approximate surface area is 93.5 Å². The molecule has 0 amide bonds. The molecule has 0 aromatic heterocycles. The van der Waals surface area contributed by atoms with Crippen molar-refractivity contribution >= 4 is 6.29 Å². The van der Waals surface area contributed by atoms with Gasteiger partial charge in [0.2, 0.25) is 0 Å². The average molecular weight is 226 g/mol. The van der Waals surface area contributed by atoms with Crippen LogP contribution in [0.2, 0.25) is 0 Å². The molecule has 5 heteroatoms. The first-order valence-electron chi connectivity index (χ1n) is 4.88. The van der Waals surface area contributed by atoms with E-state index in [9.17, 15) is 9.18 Å². The Hall–Kier alpha value is -1.30. The van der Waals surface area contributed by atoms with Crippen LogP contribution in [-0.2, 0) is 4.84 Å². The Morgan fingerprint density at radius 2 is 2.12 bits per heavy atom. The van der Waals surface area contributed by atoms with Crippen LogP contribution in [0.15, 0.2) is 24.3 Å². The van der Waals surface area contributed by atoms with E-state index in [0.717, 1.165) is 11.8 Å². The van der Waals surface area contributed by atoms with Crippen molar-refractivity contribution in [2.45, 2.75) is 12.1 Å². The third kappa shape index (κ3) is 3.10. The summed E-state index contributed by atoms with van der Waals surface area (Å²) in [6.45, 7) is -0.656. The quantitative estimate of drug-likeness (QED) is 0.561. The van der Waals surface area contributed by atoms with Gasteiger partial charge in [0.1, 0.15) is 13.0 Å². The molecule has 2 unspecified atom stereocenters. The number of rotatable bonds is 6. The van der Waals surface area contributed by atoms with Gasteiger partial charge in [0, 0.05) is 5.56 Å². The molecule has 0 radical (unpaired) electrons. The molecule has 16 heavy (non-hydrogen) atoms. The molecule has 1 rings (SSSR count). The predicted molar refractivity (Wildman–Crippen MR) is 58.7 cm³/mol. The van der Waals surface area contributed by atoms with E-state index in [0.29, 0.717) is 5.56 Å². The number of benzene rings is 1. The second kappa shape index (κ2) is 6.32. The summed E-state index contributed by atoms with van der Waals surface area (Å²) in [7, 11) is 1.44. The highest BCUT2D eigenvalue weighted by atomic mass is 19.1. The summed E-state index contributed by atoms with van der Waals surface area (Å²) in [6, 6.07) is 5.61. The molecule has 0 heterocycles. The molecule has 1 aromatic carbocycles. The standard InChI is InChI=1S/C11H15FN2O2/c1-16-14-11(10(13)6-12)9-4-2-8(7-15)3-5-9/h2-5,7,10-11,14H,6,13H2,1H3. The second-order valence-corrected chi connectivity index (χ2v) is 3.40. The number of hydroxylamine groups is 1. The van der Waals surface area contributed by atoms with Gasteiger partial charge in [0.15, 0.2) is 0 Å². The lowest BCUT2D eigenvalue weighted by Crippen LogP contribution is -2.39. The van der Waals surface area contributed by atoms with Gasteiger partial charge in [-0.1, -0.05) is 24.3 Å². The number of nitrogens with one attached hydrogen (secondary N) is 1. The lowest BCUT2D eigenvalue weighted by atomic mass is 10.0. The fourth-order valence-electron chi connectivity index (χ4n) is 1.40. The highest BCUT2D eigenvalue weighted by Crippen LogP contribution is 2.16. The van der Waals surface area contributed by atoms with Gasteiger partial charge in [-0.15, -0.1) is 0 Å². The Bertz CT molecular complexity index is 329. The number of alkyl halides is 1. The van der Waals surface area contributed by atoms with Gasteiger partial charge in [-0.3, -0.25) is 4.79 Å². The Morgan fingerprint density at radius 3 is 2.56 bits per heavy atom. The topological polar surface area (TPSA) is 64.3 Å². The zero-order valence-corrected chi connectivity index (χ0v) is 9.02. The molecule has 3 N–H and O–H groups in total. The highest BCUT2D eigenvalue weighted by molar-refractivity contribution is 5.74. The van der Waals surface area contributed by atoms with Crippen molar-refractivity contribution in [3.63, 3.8) is 0 Å². The van der Waals surface area contributed by atoms with Crippen molar-refractivity contribution in [3.8, 4) is 0 Å². The van der Waals surface area contributed by atoms with Crippen molar-refractivity contribution in [3.05, 3.63) is 35.4 Å². The zero-order chi connectivity index (χ0) is 12.0. The second-order valence-electron chi connectivity index (χ2n) is 3.40. The summed E-state index contributed by atoms with van der Waals surface area (Å²) in [5.74, 6) is 0. The normalized spacial score (nSPS) is 14.4. The minimum absolute atomic E-state index is 0.435. The summed E-state index contributed by atoms with van der Waals surface area (Å²) in [5.41, 5.74) is 9.59. The number of nitrogens with two attached hydrogens (primary N) is 1. The number of hydrogen-bond donors (Lipinski definition) is 2. The van der Waals surface area contributed by atoms with Crippen LogP contribution in [0.25, 0.3) is 0 Å². The molecule has 0 spiro atoms. The Kier molecular flexibility index (Phi) is 5.04. The molecule has 0 fully saturated rings. The van der Waals surface area contributed by atoms with E-state index < -0.39 is 18.8 Å². The number of aldehydes is 1. The summed E-state index contributed by atoms with van der Waals surface area (Å²) in [6.07, 6.45) is 0.748. The largest absolute Gasteiger partial charge is 0.324 e. The van der Waals surface area contributed by atoms with E-state index in [-0.39, 0.29) is 0 Å². The summed E-state index contributed by atoms with van der Waals surface area (Å²) >= 11 is 0. The van der Waals surface area contributed by atoms with Crippen LogP contribution in [0.1, 0.15) is 22.0 Å². The van der Waals surface area contributed by atoms with Gasteiger partial charge in [0.05, 0.1) is 19.2 Å². The lowest BCUT2D eigenvalue weighted by Gasteiger charge is -2.22.